The first-order chi connectivity index (χ1) is 9.15. The number of likely N-dealkylation sites (tertiary alicyclic amines) is 1. The summed E-state index contributed by atoms with van der Waals surface area (Å²) in [6, 6.07) is 3.27. The molecular formula is C13H17F2N3O. The fourth-order valence-corrected chi connectivity index (χ4v) is 3.10. The van der Waals surface area contributed by atoms with E-state index in [2.05, 4.69) is 5.32 Å². The molecule has 2 aliphatic heterocycles. The molecule has 0 radical (unpaired) electrons. The van der Waals surface area contributed by atoms with Gasteiger partial charge < -0.3 is 14.8 Å². The van der Waals surface area contributed by atoms with Gasteiger partial charge in [0.25, 0.3) is 12.3 Å². The van der Waals surface area contributed by atoms with E-state index in [0.29, 0.717) is 17.5 Å². The SMILES string of the molecule is O=C(c1cccn1CC(F)F)N1CC2CNCC2C1. The minimum Gasteiger partial charge on any atom is -0.338 e. The van der Waals surface area contributed by atoms with Gasteiger partial charge in [-0.1, -0.05) is 0 Å². The van der Waals surface area contributed by atoms with Crippen molar-refractivity contribution in [2.75, 3.05) is 26.2 Å². The average molecular weight is 269 g/mol. The molecule has 104 valence electrons. The Hall–Kier alpha value is -1.43. The minimum absolute atomic E-state index is 0.125. The molecule has 0 bridgehead atoms. The normalized spacial score (nSPS) is 26.2. The van der Waals surface area contributed by atoms with Gasteiger partial charge in [0.1, 0.15) is 5.69 Å². The van der Waals surface area contributed by atoms with Crippen LogP contribution in [0.25, 0.3) is 0 Å². The molecule has 3 heterocycles. The molecule has 2 saturated heterocycles. The number of aromatic nitrogens is 1. The number of carbonyl (C=O) groups excluding carboxylic acids is 1. The van der Waals surface area contributed by atoms with Crippen molar-refractivity contribution < 1.29 is 13.6 Å². The molecule has 0 saturated carbocycles. The molecule has 2 unspecified atom stereocenters. The molecule has 4 nitrogen and oxygen atoms in total. The number of fused-ring (bicyclic) bond motifs is 1. The van der Waals surface area contributed by atoms with E-state index in [1.165, 1.54) is 10.8 Å². The lowest BCUT2D eigenvalue weighted by Gasteiger charge is -2.18. The first-order valence-electron chi connectivity index (χ1n) is 6.58. The Labute approximate surface area is 110 Å². The standard InChI is InChI=1S/C13H17F2N3O/c14-12(15)8-17-3-1-2-11(17)13(19)18-6-9-4-16-5-10(9)7-18/h1-3,9-10,12,16H,4-8H2. The largest absolute Gasteiger partial charge is 0.338 e. The van der Waals surface area contributed by atoms with Crippen LogP contribution in [0, 0.1) is 11.8 Å². The maximum Gasteiger partial charge on any atom is 0.270 e. The maximum absolute atomic E-state index is 12.5. The van der Waals surface area contributed by atoms with Crippen molar-refractivity contribution in [1.82, 2.24) is 14.8 Å². The highest BCUT2D eigenvalue weighted by atomic mass is 19.3. The second kappa shape index (κ2) is 4.92. The quantitative estimate of drug-likeness (QED) is 0.890. The Bertz CT molecular complexity index is 462. The van der Waals surface area contributed by atoms with E-state index in [0.717, 1.165) is 26.2 Å². The van der Waals surface area contributed by atoms with Crippen molar-refractivity contribution in [3.8, 4) is 0 Å². The molecule has 2 fully saturated rings. The summed E-state index contributed by atoms with van der Waals surface area (Å²) in [6.45, 7) is 2.95. The lowest BCUT2D eigenvalue weighted by molar-refractivity contribution is 0.0760. The number of halogens is 2. The molecule has 1 aromatic rings. The third-order valence-electron chi connectivity index (χ3n) is 4.06. The number of amides is 1. The molecule has 2 atom stereocenters. The maximum atomic E-state index is 12.5. The molecule has 1 amide bonds. The molecule has 0 aliphatic carbocycles. The van der Waals surface area contributed by atoms with Gasteiger partial charge in [-0.3, -0.25) is 4.79 Å². The van der Waals surface area contributed by atoms with Crippen LogP contribution in [0.15, 0.2) is 18.3 Å². The molecule has 19 heavy (non-hydrogen) atoms. The van der Waals surface area contributed by atoms with Crippen LogP contribution in [0.2, 0.25) is 0 Å². The van der Waals surface area contributed by atoms with Crippen LogP contribution in [0.5, 0.6) is 0 Å². The average Bonchev–Trinajstić information content (AvgIpc) is 2.99. The van der Waals surface area contributed by atoms with Crippen molar-refractivity contribution >= 4 is 5.91 Å². The van der Waals surface area contributed by atoms with E-state index in [-0.39, 0.29) is 5.91 Å². The lowest BCUT2D eigenvalue weighted by atomic mass is 10.0. The lowest BCUT2D eigenvalue weighted by Crippen LogP contribution is -2.33. The van der Waals surface area contributed by atoms with Crippen LogP contribution in [0.4, 0.5) is 8.78 Å². The summed E-state index contributed by atoms with van der Waals surface area (Å²) in [6.07, 6.45) is -0.904. The van der Waals surface area contributed by atoms with Crippen molar-refractivity contribution in [2.24, 2.45) is 11.8 Å². The number of carbonyl (C=O) groups is 1. The van der Waals surface area contributed by atoms with Crippen LogP contribution in [0.1, 0.15) is 10.5 Å². The second-order valence-corrected chi connectivity index (χ2v) is 5.33. The molecular weight excluding hydrogens is 252 g/mol. The van der Waals surface area contributed by atoms with Crippen LogP contribution in [-0.2, 0) is 6.54 Å². The smallest absolute Gasteiger partial charge is 0.270 e. The van der Waals surface area contributed by atoms with Gasteiger partial charge in [-0.25, -0.2) is 8.78 Å². The number of nitrogens with one attached hydrogen (secondary N) is 1. The van der Waals surface area contributed by atoms with Crippen LogP contribution in [0.3, 0.4) is 0 Å². The number of rotatable bonds is 3. The van der Waals surface area contributed by atoms with Crippen molar-refractivity contribution in [2.45, 2.75) is 13.0 Å². The summed E-state index contributed by atoms with van der Waals surface area (Å²) < 4.78 is 26.3. The number of nitrogens with zero attached hydrogens (tertiary/aromatic N) is 2. The summed E-state index contributed by atoms with van der Waals surface area (Å²) in [5, 5.41) is 3.31. The van der Waals surface area contributed by atoms with Gasteiger partial charge in [-0.15, -0.1) is 0 Å². The fraction of sp³-hybridized carbons (Fsp3) is 0.615. The van der Waals surface area contributed by atoms with E-state index in [1.807, 2.05) is 0 Å². The summed E-state index contributed by atoms with van der Waals surface area (Å²) in [4.78, 5) is 14.2. The van der Waals surface area contributed by atoms with Gasteiger partial charge in [0, 0.05) is 32.4 Å². The Kier molecular flexibility index (Phi) is 3.26. The van der Waals surface area contributed by atoms with Gasteiger partial charge in [0.2, 0.25) is 0 Å². The minimum atomic E-state index is -2.44. The zero-order valence-corrected chi connectivity index (χ0v) is 10.6. The van der Waals surface area contributed by atoms with Crippen molar-refractivity contribution in [1.29, 1.82) is 0 Å². The highest BCUT2D eigenvalue weighted by Gasteiger charge is 2.38. The zero-order valence-electron chi connectivity index (χ0n) is 10.6. The number of alkyl halides is 2. The van der Waals surface area contributed by atoms with Gasteiger partial charge in [-0.05, 0) is 24.0 Å². The topological polar surface area (TPSA) is 37.3 Å². The van der Waals surface area contributed by atoms with E-state index in [4.69, 9.17) is 0 Å². The third kappa shape index (κ3) is 2.36. The Morgan fingerprint density at radius 1 is 1.37 bits per heavy atom. The monoisotopic (exact) mass is 269 g/mol. The van der Waals surface area contributed by atoms with E-state index >= 15 is 0 Å². The summed E-state index contributed by atoms with van der Waals surface area (Å²) in [5.74, 6) is 0.907. The summed E-state index contributed by atoms with van der Waals surface area (Å²) in [7, 11) is 0. The molecule has 2 aliphatic rings. The third-order valence-corrected chi connectivity index (χ3v) is 4.06. The van der Waals surface area contributed by atoms with Crippen molar-refractivity contribution in [3.05, 3.63) is 24.0 Å². The Morgan fingerprint density at radius 3 is 2.68 bits per heavy atom. The first kappa shape index (κ1) is 12.6. The van der Waals surface area contributed by atoms with Gasteiger partial charge in [0.15, 0.2) is 0 Å². The van der Waals surface area contributed by atoms with Crippen molar-refractivity contribution in [3.63, 3.8) is 0 Å². The fourth-order valence-electron chi connectivity index (χ4n) is 3.10. The molecule has 1 aromatic heterocycles. The van der Waals surface area contributed by atoms with Crippen LogP contribution >= 0.6 is 0 Å². The van der Waals surface area contributed by atoms with E-state index in [9.17, 15) is 13.6 Å². The highest BCUT2D eigenvalue weighted by molar-refractivity contribution is 5.93. The number of hydrogen-bond donors (Lipinski definition) is 1. The molecule has 6 heteroatoms. The highest BCUT2D eigenvalue weighted by Crippen LogP contribution is 2.27. The molecule has 1 N–H and O–H groups in total. The Morgan fingerprint density at radius 2 is 2.05 bits per heavy atom. The Balaban J connectivity index is 1.72. The number of hydrogen-bond acceptors (Lipinski definition) is 2. The summed E-state index contributed by atoms with van der Waals surface area (Å²) in [5.41, 5.74) is 0.369. The second-order valence-electron chi connectivity index (χ2n) is 5.33. The molecule has 0 spiro atoms. The summed E-state index contributed by atoms with van der Waals surface area (Å²) >= 11 is 0. The van der Waals surface area contributed by atoms with Crippen LogP contribution < -0.4 is 5.32 Å². The molecule has 0 aromatic carbocycles. The zero-order chi connectivity index (χ0) is 13.4. The predicted octanol–water partition coefficient (Wildman–Crippen LogP) is 1.04. The molecule has 3 rings (SSSR count). The van der Waals surface area contributed by atoms with Gasteiger partial charge >= 0.3 is 0 Å². The van der Waals surface area contributed by atoms with Gasteiger partial charge in [0.05, 0.1) is 6.54 Å². The van der Waals surface area contributed by atoms with E-state index < -0.39 is 13.0 Å². The first-order valence-corrected chi connectivity index (χ1v) is 6.58. The predicted molar refractivity (Wildman–Crippen MR) is 66.2 cm³/mol. The van der Waals surface area contributed by atoms with Gasteiger partial charge in [-0.2, -0.15) is 0 Å². The van der Waals surface area contributed by atoms with E-state index in [1.54, 1.807) is 17.0 Å². The van der Waals surface area contributed by atoms with Crippen LogP contribution in [-0.4, -0.2) is 48.0 Å².